The summed E-state index contributed by atoms with van der Waals surface area (Å²) in [4.78, 5) is 69.5. The molecule has 1 aromatic carbocycles. The minimum Gasteiger partial charge on any atom is -0.384 e. The third-order valence-corrected chi connectivity index (χ3v) is 13.7. The van der Waals surface area contributed by atoms with E-state index in [-0.39, 0.29) is 61.8 Å². The van der Waals surface area contributed by atoms with Crippen LogP contribution in [-0.2, 0) is 39.4 Å². The second kappa shape index (κ2) is 16.5. The number of ketones is 1. The fourth-order valence-electron chi connectivity index (χ4n) is 8.66. The van der Waals surface area contributed by atoms with Crippen molar-refractivity contribution in [3.05, 3.63) is 41.7 Å². The molecule has 2 aromatic rings. The van der Waals surface area contributed by atoms with Gasteiger partial charge in [-0.1, -0.05) is 37.3 Å². The van der Waals surface area contributed by atoms with Gasteiger partial charge in [-0.2, -0.15) is 0 Å². The lowest BCUT2D eigenvalue weighted by Crippen LogP contribution is -2.64. The number of likely N-dealkylation sites (tertiary alicyclic amines) is 1. The number of hydrogen-bond acceptors (Lipinski definition) is 11. The summed E-state index contributed by atoms with van der Waals surface area (Å²) in [5.74, 6) is -8.08. The normalized spacial score (nSPS) is 23.3. The van der Waals surface area contributed by atoms with Gasteiger partial charge in [0, 0.05) is 57.4 Å². The number of rotatable bonds is 14. The predicted molar refractivity (Wildman–Crippen MR) is 198 cm³/mol. The molecule has 4 aliphatic rings. The van der Waals surface area contributed by atoms with Crippen molar-refractivity contribution < 1.29 is 51.0 Å². The van der Waals surface area contributed by atoms with E-state index in [1.165, 1.54) is 40.0 Å². The van der Waals surface area contributed by atoms with Gasteiger partial charge in [-0.3, -0.25) is 24.0 Å². The van der Waals surface area contributed by atoms with Crippen LogP contribution in [0.15, 0.2) is 35.4 Å². The number of primary amides is 1. The topological polar surface area (TPSA) is 233 Å². The third kappa shape index (κ3) is 9.52. The van der Waals surface area contributed by atoms with Crippen molar-refractivity contribution in [3.8, 4) is 0 Å². The molecule has 2 aliphatic carbocycles. The van der Waals surface area contributed by atoms with Gasteiger partial charge in [0.25, 0.3) is 11.8 Å². The molecule has 2 saturated carbocycles. The molecule has 6 rings (SSSR count). The molecule has 0 spiro atoms. The van der Waals surface area contributed by atoms with Gasteiger partial charge in [0.15, 0.2) is 9.84 Å². The first kappa shape index (κ1) is 42.3. The Bertz CT molecular complexity index is 1950. The zero-order valence-corrected chi connectivity index (χ0v) is 32.9. The highest BCUT2D eigenvalue weighted by Crippen LogP contribution is 2.43. The summed E-state index contributed by atoms with van der Waals surface area (Å²) in [6.07, 6.45) is 5.14. The fourth-order valence-corrected chi connectivity index (χ4v) is 10.3. The van der Waals surface area contributed by atoms with Crippen LogP contribution in [0.3, 0.4) is 0 Å². The van der Waals surface area contributed by atoms with Crippen LogP contribution in [0.4, 0.5) is 8.78 Å². The first-order valence-corrected chi connectivity index (χ1v) is 21.1. The predicted octanol–water partition coefficient (Wildman–Crippen LogP) is 1.96. The van der Waals surface area contributed by atoms with Crippen LogP contribution in [0, 0.1) is 11.8 Å². The Morgan fingerprint density at radius 2 is 1.68 bits per heavy atom. The number of benzene rings is 1. The van der Waals surface area contributed by atoms with Gasteiger partial charge < -0.3 is 31.1 Å². The molecule has 5 N–H and O–H groups in total. The van der Waals surface area contributed by atoms with Gasteiger partial charge in [0.05, 0.1) is 28.6 Å². The Morgan fingerprint density at radius 1 is 1.04 bits per heavy atom. The van der Waals surface area contributed by atoms with Gasteiger partial charge in [-0.05, 0) is 56.4 Å². The van der Waals surface area contributed by atoms with Crippen LogP contribution in [0.1, 0.15) is 107 Å². The third-order valence-electron chi connectivity index (χ3n) is 11.8. The zero-order valence-electron chi connectivity index (χ0n) is 32.1. The van der Waals surface area contributed by atoms with E-state index < -0.39 is 98.9 Å². The highest BCUT2D eigenvalue weighted by molar-refractivity contribution is 7.91. The Labute approximate surface area is 329 Å². The largest absolute Gasteiger partial charge is 0.384 e. The van der Waals surface area contributed by atoms with Crippen LogP contribution in [0.5, 0.6) is 0 Å². The summed E-state index contributed by atoms with van der Waals surface area (Å²) in [6.45, 7) is 3.15. The number of amides is 4. The van der Waals surface area contributed by atoms with Gasteiger partial charge in [0.2, 0.25) is 23.5 Å². The molecular weight excluding hydrogens is 769 g/mol. The fraction of sp³-hybridized carbons (Fsp3) is 0.658. The zero-order chi connectivity index (χ0) is 41.3. The van der Waals surface area contributed by atoms with E-state index in [1.54, 1.807) is 13.8 Å². The average molecular weight is 820 g/mol. The summed E-state index contributed by atoms with van der Waals surface area (Å²) >= 11 is 0. The van der Waals surface area contributed by atoms with Crippen molar-refractivity contribution in [1.82, 2.24) is 30.5 Å². The van der Waals surface area contributed by atoms with Gasteiger partial charge in [0.1, 0.15) is 23.2 Å². The summed E-state index contributed by atoms with van der Waals surface area (Å²) < 4.78 is 59.5. The lowest BCUT2D eigenvalue weighted by molar-refractivity contribution is -0.147. The maximum atomic E-state index is 14.8. The molecule has 16 nitrogen and oxygen atoms in total. The van der Waals surface area contributed by atoms with Crippen molar-refractivity contribution in [1.29, 1.82) is 0 Å². The smallest absolute Gasteiger partial charge is 0.287 e. The van der Waals surface area contributed by atoms with Gasteiger partial charge >= 0.3 is 0 Å². The molecule has 1 aromatic heterocycles. The number of hydrogen-bond donors (Lipinski definition) is 4. The number of sulfone groups is 1. The second-order valence-corrected chi connectivity index (χ2v) is 18.6. The molecule has 3 heterocycles. The molecule has 312 valence electrons. The number of nitrogens with two attached hydrogens (primary N) is 1. The van der Waals surface area contributed by atoms with Crippen molar-refractivity contribution in [2.24, 2.45) is 17.6 Å². The first-order valence-electron chi connectivity index (χ1n) is 19.5. The summed E-state index contributed by atoms with van der Waals surface area (Å²) in [5.41, 5.74) is 2.75. The number of nitrogens with zero attached hydrogens (tertiary/aromatic N) is 4. The van der Waals surface area contributed by atoms with E-state index in [9.17, 15) is 46.3 Å². The highest BCUT2D eigenvalue weighted by atomic mass is 32.2. The molecule has 19 heteroatoms. The van der Waals surface area contributed by atoms with E-state index >= 15 is 0 Å². The summed E-state index contributed by atoms with van der Waals surface area (Å²) in [7, 11) is -3.90. The van der Waals surface area contributed by atoms with Crippen LogP contribution < -0.4 is 16.4 Å². The number of carbonyl (C=O) groups is 5. The molecule has 4 fully saturated rings. The van der Waals surface area contributed by atoms with Crippen molar-refractivity contribution in [3.63, 3.8) is 0 Å². The summed E-state index contributed by atoms with van der Waals surface area (Å²) in [6, 6.07) is 2.06. The van der Waals surface area contributed by atoms with E-state index in [0.29, 0.717) is 5.69 Å². The second-order valence-electron chi connectivity index (χ2n) is 16.6. The number of Topliss-reactive ketones (excluding diaryl/α,β-unsaturated/α-hetero) is 1. The Hall–Kier alpha value is -4.36. The number of halogens is 2. The van der Waals surface area contributed by atoms with E-state index in [1.807, 2.05) is 0 Å². The number of ether oxygens (including phenoxy) is 1. The van der Waals surface area contributed by atoms with Crippen molar-refractivity contribution >= 4 is 39.2 Å². The van der Waals surface area contributed by atoms with Crippen molar-refractivity contribution in [2.45, 2.75) is 125 Å². The van der Waals surface area contributed by atoms with Gasteiger partial charge in [-0.25, -0.2) is 21.9 Å². The Balaban J connectivity index is 1.27. The molecule has 0 bridgehead atoms. The molecule has 2 aliphatic heterocycles. The Kier molecular flexibility index (Phi) is 12.2. The van der Waals surface area contributed by atoms with Crippen LogP contribution >= 0.6 is 0 Å². The monoisotopic (exact) mass is 819 g/mol. The standard InChI is InChI=1S/C38H51F2N7O9S/c1-36(2,53)30-20-42-45-47(30)26-17-29(34(51)44-37(31(48)32(41)49)12-14-56-15-13-37)46(21-26)35(52)28(16-23-6-4-3-5-7-23)43-33(50)25-8-10-27(11-9-25)57(54,55)22-24-18-38(39,40)19-24/h8-11,20,23-24,26,28-29,53H,3-7,12-19,21-22H2,1-2H3,(H2,41,49)(H,43,50)(H,44,51)/t26-,28+,29-/m0/s1. The molecule has 0 radical (unpaired) electrons. The molecule has 3 atom stereocenters. The van der Waals surface area contributed by atoms with E-state index in [0.717, 1.165) is 32.1 Å². The number of alkyl halides is 2. The van der Waals surface area contributed by atoms with Crippen LogP contribution in [-0.4, -0.2) is 112 Å². The summed E-state index contributed by atoms with van der Waals surface area (Å²) in [5, 5.41) is 24.6. The van der Waals surface area contributed by atoms with E-state index in [4.69, 9.17) is 10.5 Å². The lowest BCUT2D eigenvalue weighted by Gasteiger charge is -2.37. The molecular formula is C38H51F2N7O9S. The average Bonchev–Trinajstić information content (AvgIpc) is 3.83. The lowest BCUT2D eigenvalue weighted by atomic mass is 9.83. The quantitative estimate of drug-likeness (QED) is 0.201. The maximum Gasteiger partial charge on any atom is 0.287 e. The number of nitrogens with one attached hydrogen (secondary N) is 2. The first-order chi connectivity index (χ1) is 26.8. The van der Waals surface area contributed by atoms with Crippen LogP contribution in [0.25, 0.3) is 0 Å². The van der Waals surface area contributed by atoms with Crippen LogP contribution in [0.2, 0.25) is 0 Å². The number of aromatic nitrogens is 3. The molecule has 4 amide bonds. The number of aliphatic hydroxyl groups is 1. The van der Waals surface area contributed by atoms with Crippen molar-refractivity contribution in [2.75, 3.05) is 25.5 Å². The minimum absolute atomic E-state index is 0.0140. The molecule has 2 saturated heterocycles. The molecule has 0 unspecified atom stereocenters. The highest BCUT2D eigenvalue weighted by Gasteiger charge is 2.50. The van der Waals surface area contributed by atoms with E-state index in [2.05, 4.69) is 20.9 Å². The minimum atomic E-state index is -3.90. The Morgan fingerprint density at radius 3 is 2.28 bits per heavy atom. The maximum absolute atomic E-state index is 14.8. The number of carbonyl (C=O) groups excluding carboxylic acids is 5. The SMILES string of the molecule is CC(C)(O)c1cnnn1[C@H]1C[C@@H](C(=O)NC2(C(=O)C(N)=O)CCOCC2)N(C(=O)[C@@H](CC2CCCCC2)NC(=O)c2ccc(S(=O)(=O)CC3CC(F)(F)C3)cc2)C1. The van der Waals surface area contributed by atoms with Gasteiger partial charge in [-0.15, -0.1) is 5.10 Å². The molecule has 57 heavy (non-hydrogen) atoms.